The number of nitrogens with zero attached hydrogens (tertiary/aromatic N) is 3. The first-order valence-electron chi connectivity index (χ1n) is 7.98. The van der Waals surface area contributed by atoms with Crippen molar-refractivity contribution in [3.05, 3.63) is 35.9 Å². The minimum absolute atomic E-state index is 0.102. The summed E-state index contributed by atoms with van der Waals surface area (Å²) in [6.07, 6.45) is 0.859. The van der Waals surface area contributed by atoms with Crippen molar-refractivity contribution in [3.8, 4) is 11.3 Å². The zero-order chi connectivity index (χ0) is 17.8. The number of carbonyl (C=O) groups is 1. The van der Waals surface area contributed by atoms with Crippen LogP contribution in [-0.2, 0) is 4.74 Å². The zero-order valence-corrected chi connectivity index (χ0v) is 13.9. The number of fused-ring (bicyclic) bond motifs is 1. The third kappa shape index (κ3) is 3.42. The highest BCUT2D eigenvalue weighted by molar-refractivity contribution is 5.99. The van der Waals surface area contributed by atoms with Crippen molar-refractivity contribution in [1.82, 2.24) is 15.1 Å². The summed E-state index contributed by atoms with van der Waals surface area (Å²) in [4.78, 5) is 20.3. The van der Waals surface area contributed by atoms with Gasteiger partial charge in [-0.3, -0.25) is 0 Å². The molecule has 0 saturated heterocycles. The lowest BCUT2D eigenvalue weighted by molar-refractivity contribution is 0.0512. The van der Waals surface area contributed by atoms with Gasteiger partial charge < -0.3 is 14.6 Å². The van der Waals surface area contributed by atoms with Gasteiger partial charge in [-0.05, 0) is 37.6 Å². The zero-order valence-electron chi connectivity index (χ0n) is 13.9. The van der Waals surface area contributed by atoms with Crippen LogP contribution in [0.4, 0.5) is 10.2 Å². The number of aromatic nitrogens is 3. The molecule has 1 N–H and O–H groups in total. The fourth-order valence-electron chi connectivity index (χ4n) is 2.32. The Labute approximate surface area is 143 Å². The lowest BCUT2D eigenvalue weighted by Crippen LogP contribution is -2.12. The molecule has 7 nitrogen and oxygen atoms in total. The molecule has 3 rings (SSSR count). The molecule has 1 aromatic carbocycles. The maximum absolute atomic E-state index is 13.2. The van der Waals surface area contributed by atoms with Crippen LogP contribution in [0.3, 0.4) is 0 Å². The molecule has 25 heavy (non-hydrogen) atoms. The van der Waals surface area contributed by atoms with Crippen molar-refractivity contribution >= 4 is 22.9 Å². The van der Waals surface area contributed by atoms with Gasteiger partial charge >= 0.3 is 5.97 Å². The van der Waals surface area contributed by atoms with E-state index in [-0.39, 0.29) is 24.0 Å². The number of halogens is 1. The third-order valence-electron chi connectivity index (χ3n) is 3.45. The highest BCUT2D eigenvalue weighted by Crippen LogP contribution is 2.32. The van der Waals surface area contributed by atoms with Crippen molar-refractivity contribution in [2.24, 2.45) is 0 Å². The average molecular weight is 344 g/mol. The van der Waals surface area contributed by atoms with Crippen LogP contribution in [0.25, 0.3) is 22.4 Å². The van der Waals surface area contributed by atoms with Gasteiger partial charge in [0, 0.05) is 12.1 Å². The molecular formula is C17H17FN4O3. The van der Waals surface area contributed by atoms with Crippen molar-refractivity contribution in [2.45, 2.75) is 20.3 Å². The molecule has 2 heterocycles. The van der Waals surface area contributed by atoms with E-state index in [1.54, 1.807) is 19.1 Å². The van der Waals surface area contributed by atoms with E-state index in [0.29, 0.717) is 29.0 Å². The minimum Gasteiger partial charge on any atom is -0.460 e. The average Bonchev–Trinajstić information content (AvgIpc) is 3.04. The largest absolute Gasteiger partial charge is 0.460 e. The Morgan fingerprint density at radius 2 is 2.00 bits per heavy atom. The van der Waals surface area contributed by atoms with E-state index in [4.69, 9.17) is 9.26 Å². The molecule has 0 saturated carbocycles. The summed E-state index contributed by atoms with van der Waals surface area (Å²) in [5, 5.41) is 7.70. The number of benzene rings is 1. The number of esters is 1. The predicted molar refractivity (Wildman–Crippen MR) is 89.7 cm³/mol. The van der Waals surface area contributed by atoms with Crippen molar-refractivity contribution < 1.29 is 18.4 Å². The van der Waals surface area contributed by atoms with Gasteiger partial charge in [0.05, 0.1) is 6.61 Å². The Kier molecular flexibility index (Phi) is 4.87. The van der Waals surface area contributed by atoms with Gasteiger partial charge in [0.2, 0.25) is 5.82 Å². The van der Waals surface area contributed by atoms with Crippen LogP contribution in [0.15, 0.2) is 28.8 Å². The van der Waals surface area contributed by atoms with E-state index >= 15 is 0 Å². The summed E-state index contributed by atoms with van der Waals surface area (Å²) in [6.45, 7) is 4.57. The summed E-state index contributed by atoms with van der Waals surface area (Å²) in [7, 11) is 0. The fourth-order valence-corrected chi connectivity index (χ4v) is 2.32. The topological polar surface area (TPSA) is 90.1 Å². The van der Waals surface area contributed by atoms with Crippen LogP contribution in [0.1, 0.15) is 30.9 Å². The number of ether oxygens (including phenoxy) is 1. The number of anilines is 1. The molecule has 0 unspecified atom stereocenters. The molecule has 0 aliphatic rings. The standard InChI is InChI=1S/C17H17FN4O3/c1-3-9-19-14-12-13(10-5-7-11(18)8-6-10)22-25-16(12)21-15(20-14)17(23)24-4-2/h5-8H,3-4,9H2,1-2H3,(H,19,20,21). The Morgan fingerprint density at radius 1 is 1.24 bits per heavy atom. The van der Waals surface area contributed by atoms with Crippen LogP contribution in [0, 0.1) is 5.82 Å². The first-order chi connectivity index (χ1) is 12.1. The SMILES string of the molecule is CCCNc1nc(C(=O)OCC)nc2onc(-c3ccc(F)cc3)c12. The van der Waals surface area contributed by atoms with Crippen LogP contribution >= 0.6 is 0 Å². The van der Waals surface area contributed by atoms with Crippen molar-refractivity contribution in [2.75, 3.05) is 18.5 Å². The molecule has 0 radical (unpaired) electrons. The number of rotatable bonds is 6. The number of hydrogen-bond acceptors (Lipinski definition) is 7. The van der Waals surface area contributed by atoms with E-state index in [2.05, 4.69) is 20.4 Å². The lowest BCUT2D eigenvalue weighted by atomic mass is 10.1. The minimum atomic E-state index is -0.635. The molecule has 0 atom stereocenters. The molecule has 3 aromatic rings. The molecule has 0 spiro atoms. The highest BCUT2D eigenvalue weighted by atomic mass is 19.1. The molecule has 0 fully saturated rings. The molecule has 0 aliphatic carbocycles. The summed E-state index contributed by atoms with van der Waals surface area (Å²) in [5.74, 6) is -0.657. The summed E-state index contributed by atoms with van der Waals surface area (Å²) >= 11 is 0. The first-order valence-corrected chi connectivity index (χ1v) is 7.98. The van der Waals surface area contributed by atoms with Crippen LogP contribution in [-0.4, -0.2) is 34.2 Å². The van der Waals surface area contributed by atoms with Gasteiger partial charge in [0.1, 0.15) is 22.7 Å². The van der Waals surface area contributed by atoms with E-state index < -0.39 is 5.97 Å². The molecule has 8 heteroatoms. The second-order valence-corrected chi connectivity index (χ2v) is 5.26. The number of hydrogen-bond donors (Lipinski definition) is 1. The highest BCUT2D eigenvalue weighted by Gasteiger charge is 2.21. The van der Waals surface area contributed by atoms with Crippen LogP contribution in [0.2, 0.25) is 0 Å². The Balaban J connectivity index is 2.14. The quantitative estimate of drug-likeness (QED) is 0.685. The molecule has 130 valence electrons. The fraction of sp³-hybridized carbons (Fsp3) is 0.294. The predicted octanol–water partition coefficient (Wildman–Crippen LogP) is 3.42. The Morgan fingerprint density at radius 3 is 2.68 bits per heavy atom. The molecule has 0 aliphatic heterocycles. The molecule has 0 bridgehead atoms. The van der Waals surface area contributed by atoms with Crippen LogP contribution < -0.4 is 5.32 Å². The first kappa shape index (κ1) is 16.8. The van der Waals surface area contributed by atoms with Crippen LogP contribution in [0.5, 0.6) is 0 Å². The second-order valence-electron chi connectivity index (χ2n) is 5.26. The smallest absolute Gasteiger partial charge is 0.376 e. The van der Waals surface area contributed by atoms with E-state index in [1.165, 1.54) is 12.1 Å². The summed E-state index contributed by atoms with van der Waals surface area (Å²) in [6, 6.07) is 5.86. The van der Waals surface area contributed by atoms with E-state index in [9.17, 15) is 9.18 Å². The lowest BCUT2D eigenvalue weighted by Gasteiger charge is -2.07. The molecule has 0 amide bonds. The number of carbonyl (C=O) groups excluding carboxylic acids is 1. The summed E-state index contributed by atoms with van der Waals surface area (Å²) < 4.78 is 23.4. The summed E-state index contributed by atoms with van der Waals surface area (Å²) in [5.41, 5.74) is 1.30. The van der Waals surface area contributed by atoms with Gasteiger partial charge in [0.15, 0.2) is 0 Å². The maximum Gasteiger partial charge on any atom is 0.376 e. The van der Waals surface area contributed by atoms with Crippen molar-refractivity contribution in [3.63, 3.8) is 0 Å². The van der Waals surface area contributed by atoms with Gasteiger partial charge in [0.25, 0.3) is 5.71 Å². The maximum atomic E-state index is 13.2. The van der Waals surface area contributed by atoms with E-state index in [1.807, 2.05) is 6.92 Å². The van der Waals surface area contributed by atoms with E-state index in [0.717, 1.165) is 6.42 Å². The Bertz CT molecular complexity index is 893. The second kappa shape index (κ2) is 7.25. The van der Waals surface area contributed by atoms with Gasteiger partial charge in [-0.2, -0.15) is 4.98 Å². The molecular weight excluding hydrogens is 327 g/mol. The monoisotopic (exact) mass is 344 g/mol. The van der Waals surface area contributed by atoms with Gasteiger partial charge in [-0.25, -0.2) is 14.2 Å². The van der Waals surface area contributed by atoms with Crippen molar-refractivity contribution in [1.29, 1.82) is 0 Å². The Hall–Kier alpha value is -3.03. The van der Waals surface area contributed by atoms with Gasteiger partial charge in [-0.1, -0.05) is 12.1 Å². The normalized spacial score (nSPS) is 10.8. The number of nitrogens with one attached hydrogen (secondary N) is 1. The van der Waals surface area contributed by atoms with Gasteiger partial charge in [-0.15, -0.1) is 0 Å². The molecule has 2 aromatic heterocycles. The third-order valence-corrected chi connectivity index (χ3v) is 3.45.